The Bertz CT molecular complexity index is 503. The van der Waals surface area contributed by atoms with Gasteiger partial charge in [-0.1, -0.05) is 0 Å². The molecule has 1 rings (SSSR count). The molecule has 0 spiro atoms. The Kier molecular flexibility index (Phi) is 5.82. The van der Waals surface area contributed by atoms with E-state index in [1.165, 1.54) is 0 Å². The zero-order valence-corrected chi connectivity index (χ0v) is 12.3. The van der Waals surface area contributed by atoms with Gasteiger partial charge in [-0.2, -0.15) is 5.26 Å². The van der Waals surface area contributed by atoms with Crippen molar-refractivity contribution < 1.29 is 37.7 Å². The number of carbonyl (C=O) groups is 3. The summed E-state index contributed by atoms with van der Waals surface area (Å²) >= 11 is 0. The number of rotatable bonds is 5. The van der Waals surface area contributed by atoms with Gasteiger partial charge in [0.15, 0.2) is 23.9 Å². The first-order valence-electron chi connectivity index (χ1n) is 6.37. The largest absolute Gasteiger partial charge is 0.463 e. The summed E-state index contributed by atoms with van der Waals surface area (Å²) in [6.07, 6.45) is -4.10. The van der Waals surface area contributed by atoms with Crippen LogP contribution in [0.2, 0.25) is 0 Å². The number of nitrogens with zero attached hydrogens (tertiary/aromatic N) is 1. The lowest BCUT2D eigenvalue weighted by Crippen LogP contribution is -2.52. The van der Waals surface area contributed by atoms with Gasteiger partial charge in [-0.15, -0.1) is 0 Å². The second-order valence-corrected chi connectivity index (χ2v) is 4.75. The van der Waals surface area contributed by atoms with Crippen molar-refractivity contribution in [1.82, 2.24) is 0 Å². The minimum atomic E-state index is -1.90. The Labute approximate surface area is 126 Å². The number of hydrogen-bond acceptors (Lipinski definition) is 8. The first-order chi connectivity index (χ1) is 10.3. The molecule has 0 aromatic rings. The highest BCUT2D eigenvalue weighted by Crippen LogP contribution is 2.36. The minimum absolute atomic E-state index is 0.591. The first-order valence-corrected chi connectivity index (χ1v) is 6.37. The highest BCUT2D eigenvalue weighted by Gasteiger charge is 2.60. The van der Waals surface area contributed by atoms with Crippen molar-refractivity contribution in [1.29, 1.82) is 5.26 Å². The van der Waals surface area contributed by atoms with Gasteiger partial charge >= 0.3 is 17.9 Å². The van der Waals surface area contributed by atoms with E-state index in [4.69, 9.17) is 24.2 Å². The van der Waals surface area contributed by atoms with Crippen LogP contribution in [0.15, 0.2) is 0 Å². The number of alkyl halides is 1. The average molecular weight is 317 g/mol. The molecule has 9 heteroatoms. The number of carbonyl (C=O) groups excluding carboxylic acids is 3. The second kappa shape index (κ2) is 7.17. The molecule has 0 aromatic heterocycles. The van der Waals surface area contributed by atoms with Crippen LogP contribution in [-0.4, -0.2) is 55.1 Å². The van der Waals surface area contributed by atoms with E-state index in [9.17, 15) is 18.8 Å². The molecule has 0 aromatic carbocycles. The predicted octanol–water partition coefficient (Wildman–Crippen LogP) is 0.0436. The van der Waals surface area contributed by atoms with Gasteiger partial charge in [0, 0.05) is 20.8 Å². The van der Waals surface area contributed by atoms with E-state index in [-0.39, 0.29) is 0 Å². The molecule has 1 aliphatic heterocycles. The summed E-state index contributed by atoms with van der Waals surface area (Å²) in [5.41, 5.74) is -1.90. The topological polar surface area (TPSA) is 112 Å². The van der Waals surface area contributed by atoms with Gasteiger partial charge in [-0.05, 0) is 0 Å². The molecule has 22 heavy (non-hydrogen) atoms. The van der Waals surface area contributed by atoms with Gasteiger partial charge in [0.2, 0.25) is 0 Å². The van der Waals surface area contributed by atoms with Crippen molar-refractivity contribution in [2.75, 3.05) is 13.3 Å². The van der Waals surface area contributed by atoms with Gasteiger partial charge in [0.25, 0.3) is 0 Å². The maximum Gasteiger partial charge on any atom is 0.303 e. The highest BCUT2D eigenvalue weighted by atomic mass is 19.1. The van der Waals surface area contributed by atoms with Crippen molar-refractivity contribution >= 4 is 17.9 Å². The summed E-state index contributed by atoms with van der Waals surface area (Å²) in [6.45, 7) is 1.45. The van der Waals surface area contributed by atoms with Gasteiger partial charge in [0.1, 0.15) is 13.3 Å². The van der Waals surface area contributed by atoms with E-state index in [0.29, 0.717) is 0 Å². The average Bonchev–Trinajstić information content (AvgIpc) is 2.70. The van der Waals surface area contributed by atoms with E-state index in [1.54, 1.807) is 6.07 Å². The molecule has 1 fully saturated rings. The summed E-state index contributed by atoms with van der Waals surface area (Å²) < 4.78 is 33.5. The molecule has 0 unspecified atom stereocenters. The van der Waals surface area contributed by atoms with Crippen molar-refractivity contribution in [2.45, 2.75) is 44.7 Å². The zero-order valence-electron chi connectivity index (χ0n) is 12.3. The SMILES string of the molecule is CC(=O)OC[C@@]1(CF)O[C@@H](C#N)[C@H](OC(C)=O)[C@@H]1OC(C)=O. The molecule has 1 heterocycles. The lowest BCUT2D eigenvalue weighted by molar-refractivity contribution is -0.178. The quantitative estimate of drug-likeness (QED) is 0.516. The highest BCUT2D eigenvalue weighted by molar-refractivity contribution is 5.68. The maximum atomic E-state index is 13.6. The summed E-state index contributed by atoms with van der Waals surface area (Å²) in [6, 6.07) is 1.70. The summed E-state index contributed by atoms with van der Waals surface area (Å²) in [5.74, 6) is -2.25. The summed E-state index contributed by atoms with van der Waals surface area (Å²) in [4.78, 5) is 33.3. The fourth-order valence-corrected chi connectivity index (χ4v) is 2.10. The molecule has 0 aliphatic carbocycles. The fourth-order valence-electron chi connectivity index (χ4n) is 2.10. The van der Waals surface area contributed by atoms with Crippen molar-refractivity contribution in [3.8, 4) is 6.07 Å². The van der Waals surface area contributed by atoms with E-state index in [0.717, 1.165) is 20.8 Å². The molecule has 0 N–H and O–H groups in total. The van der Waals surface area contributed by atoms with Crippen LogP contribution in [-0.2, 0) is 33.3 Å². The Hall–Kier alpha value is -2.21. The Morgan fingerprint density at radius 1 is 1.18 bits per heavy atom. The molecule has 122 valence electrons. The van der Waals surface area contributed by atoms with E-state index in [1.807, 2.05) is 0 Å². The molecule has 0 bridgehead atoms. The standard InChI is InChI=1S/C13H16FNO7/c1-7(16)19-6-13(5-14)12(21-9(3)18)11(20-8(2)17)10(4-15)22-13/h10-12H,5-6H2,1-3H3/t10-,11-,12-,13+/m0/s1. The van der Waals surface area contributed by atoms with E-state index in [2.05, 4.69) is 0 Å². The normalized spacial score (nSPS) is 30.2. The van der Waals surface area contributed by atoms with Crippen molar-refractivity contribution in [2.24, 2.45) is 0 Å². The van der Waals surface area contributed by atoms with Gasteiger partial charge in [0.05, 0.1) is 6.07 Å². The zero-order chi connectivity index (χ0) is 16.9. The predicted molar refractivity (Wildman–Crippen MR) is 66.9 cm³/mol. The van der Waals surface area contributed by atoms with Crippen molar-refractivity contribution in [3.05, 3.63) is 0 Å². The third-order valence-electron chi connectivity index (χ3n) is 2.95. The smallest absolute Gasteiger partial charge is 0.303 e. The lowest BCUT2D eigenvalue weighted by Gasteiger charge is -2.31. The number of nitriles is 1. The van der Waals surface area contributed by atoms with Gasteiger partial charge in [-0.3, -0.25) is 14.4 Å². The van der Waals surface area contributed by atoms with E-state index < -0.39 is 55.1 Å². The molecule has 0 saturated carbocycles. The fraction of sp³-hybridized carbons (Fsp3) is 0.692. The Balaban J connectivity index is 3.16. The van der Waals surface area contributed by atoms with Crippen LogP contribution in [0.4, 0.5) is 4.39 Å². The van der Waals surface area contributed by atoms with Crippen LogP contribution in [0.3, 0.4) is 0 Å². The number of esters is 3. The molecule has 8 nitrogen and oxygen atoms in total. The molecule has 1 aliphatic rings. The second-order valence-electron chi connectivity index (χ2n) is 4.75. The first kappa shape index (κ1) is 17.8. The molecule has 0 radical (unpaired) electrons. The van der Waals surface area contributed by atoms with Crippen LogP contribution in [0.1, 0.15) is 20.8 Å². The van der Waals surface area contributed by atoms with Crippen LogP contribution >= 0.6 is 0 Å². The summed E-state index contributed by atoms with van der Waals surface area (Å²) in [5, 5.41) is 9.07. The Morgan fingerprint density at radius 3 is 2.18 bits per heavy atom. The monoisotopic (exact) mass is 317 g/mol. The summed E-state index contributed by atoms with van der Waals surface area (Å²) in [7, 11) is 0. The molecule has 1 saturated heterocycles. The lowest BCUT2D eigenvalue weighted by atomic mass is 9.96. The van der Waals surface area contributed by atoms with Crippen molar-refractivity contribution in [3.63, 3.8) is 0 Å². The van der Waals surface area contributed by atoms with Gasteiger partial charge in [-0.25, -0.2) is 4.39 Å². The molecule has 0 amide bonds. The van der Waals surface area contributed by atoms with E-state index >= 15 is 0 Å². The number of hydrogen-bond donors (Lipinski definition) is 0. The van der Waals surface area contributed by atoms with Crippen LogP contribution < -0.4 is 0 Å². The number of halogens is 1. The third-order valence-corrected chi connectivity index (χ3v) is 2.95. The third kappa shape index (κ3) is 3.92. The Morgan fingerprint density at radius 2 is 1.77 bits per heavy atom. The van der Waals surface area contributed by atoms with Crippen LogP contribution in [0.5, 0.6) is 0 Å². The number of ether oxygens (including phenoxy) is 4. The maximum absolute atomic E-state index is 13.6. The molecular formula is C13H16FNO7. The molecular weight excluding hydrogens is 301 g/mol. The van der Waals surface area contributed by atoms with Crippen LogP contribution in [0.25, 0.3) is 0 Å². The molecule has 4 atom stereocenters. The minimum Gasteiger partial charge on any atom is -0.463 e. The van der Waals surface area contributed by atoms with Gasteiger partial charge < -0.3 is 18.9 Å². The van der Waals surface area contributed by atoms with Crippen LogP contribution in [0, 0.1) is 11.3 Å².